The predicted molar refractivity (Wildman–Crippen MR) is 146 cm³/mol. The standard InChI is InChI=1S/C29H27FN6O/c1-19(14-24(18-31-2)36-12-3-4-13-36)20-8-10-27-25(16-20)28(35-34-27)29(37)33-23-9-11-26(32-17-23)21-6-5-7-22(30)15-21/h5-11,14-18H,2-4,12-13H2,1H3,(H,33,37)(H,34,35)/b19-14+,24-18+. The maximum atomic E-state index is 13.5. The van der Waals surface area contributed by atoms with Crippen molar-refractivity contribution in [1.29, 1.82) is 0 Å². The molecule has 0 atom stereocenters. The van der Waals surface area contributed by atoms with E-state index >= 15 is 0 Å². The summed E-state index contributed by atoms with van der Waals surface area (Å²) in [5.74, 6) is -0.675. The van der Waals surface area contributed by atoms with Gasteiger partial charge in [0.25, 0.3) is 5.91 Å². The molecule has 2 N–H and O–H groups in total. The number of amides is 1. The maximum Gasteiger partial charge on any atom is 0.276 e. The number of aliphatic imine (C=N–C) groups is 1. The topological polar surface area (TPSA) is 86.3 Å². The molecule has 2 aromatic heterocycles. The number of benzene rings is 2. The van der Waals surface area contributed by atoms with Crippen LogP contribution in [0.1, 0.15) is 35.8 Å². The monoisotopic (exact) mass is 494 g/mol. The number of pyridine rings is 1. The summed E-state index contributed by atoms with van der Waals surface area (Å²) < 4.78 is 13.5. The number of likely N-dealkylation sites (tertiary alicyclic amines) is 1. The number of hydrogen-bond acceptors (Lipinski definition) is 5. The van der Waals surface area contributed by atoms with Crippen LogP contribution >= 0.6 is 0 Å². The Bertz CT molecular complexity index is 1510. The molecule has 0 unspecified atom stereocenters. The molecule has 5 rings (SSSR count). The molecule has 0 saturated carbocycles. The molecule has 3 heterocycles. The Morgan fingerprint density at radius 3 is 2.73 bits per heavy atom. The molecule has 2 aromatic carbocycles. The van der Waals surface area contributed by atoms with Crippen molar-refractivity contribution in [1.82, 2.24) is 20.1 Å². The lowest BCUT2D eigenvalue weighted by molar-refractivity contribution is 0.102. The molecular weight excluding hydrogens is 467 g/mol. The van der Waals surface area contributed by atoms with Crippen LogP contribution in [0.3, 0.4) is 0 Å². The zero-order valence-corrected chi connectivity index (χ0v) is 20.5. The van der Waals surface area contributed by atoms with E-state index in [1.165, 1.54) is 25.0 Å². The highest BCUT2D eigenvalue weighted by Crippen LogP contribution is 2.26. The van der Waals surface area contributed by atoms with E-state index in [1.54, 1.807) is 36.7 Å². The lowest BCUT2D eigenvalue weighted by Gasteiger charge is -2.19. The third-order valence-corrected chi connectivity index (χ3v) is 6.43. The minimum Gasteiger partial charge on any atom is -0.370 e. The summed E-state index contributed by atoms with van der Waals surface area (Å²) in [6.07, 6.45) is 7.78. The third-order valence-electron chi connectivity index (χ3n) is 6.43. The van der Waals surface area contributed by atoms with Crippen LogP contribution in [0, 0.1) is 5.82 Å². The molecule has 1 aliphatic heterocycles. The van der Waals surface area contributed by atoms with E-state index < -0.39 is 0 Å². The first kappa shape index (κ1) is 24.1. The fourth-order valence-corrected chi connectivity index (χ4v) is 4.49. The lowest BCUT2D eigenvalue weighted by atomic mass is 10.0. The zero-order chi connectivity index (χ0) is 25.8. The fraction of sp³-hybridized carbons (Fsp3) is 0.172. The van der Waals surface area contributed by atoms with Gasteiger partial charge in [0, 0.05) is 30.2 Å². The van der Waals surface area contributed by atoms with Gasteiger partial charge in [-0.2, -0.15) is 5.10 Å². The first-order valence-corrected chi connectivity index (χ1v) is 12.1. The van der Waals surface area contributed by atoms with Crippen molar-refractivity contribution in [2.24, 2.45) is 4.99 Å². The van der Waals surface area contributed by atoms with Crippen LogP contribution in [0.25, 0.3) is 27.7 Å². The van der Waals surface area contributed by atoms with Gasteiger partial charge >= 0.3 is 0 Å². The van der Waals surface area contributed by atoms with Crippen LogP contribution in [0.4, 0.5) is 10.1 Å². The van der Waals surface area contributed by atoms with Gasteiger partial charge in [-0.05, 0) is 80.1 Å². The number of nitrogens with one attached hydrogen (secondary N) is 2. The Labute approximate surface area is 214 Å². The molecular formula is C29H27FN6O. The first-order chi connectivity index (χ1) is 18.0. The molecule has 0 radical (unpaired) electrons. The Morgan fingerprint density at radius 2 is 2.00 bits per heavy atom. The minimum atomic E-state index is -0.348. The Kier molecular flexibility index (Phi) is 6.89. The number of anilines is 1. The van der Waals surface area contributed by atoms with Crippen molar-refractivity contribution < 1.29 is 9.18 Å². The van der Waals surface area contributed by atoms with Gasteiger partial charge in [0.1, 0.15) is 5.82 Å². The minimum absolute atomic E-state index is 0.293. The summed E-state index contributed by atoms with van der Waals surface area (Å²) in [6.45, 7) is 7.67. The van der Waals surface area contributed by atoms with Crippen LogP contribution in [0.5, 0.6) is 0 Å². The van der Waals surface area contributed by atoms with Crippen LogP contribution in [0.15, 0.2) is 83.8 Å². The van der Waals surface area contributed by atoms with E-state index in [9.17, 15) is 9.18 Å². The molecule has 1 saturated heterocycles. The highest BCUT2D eigenvalue weighted by molar-refractivity contribution is 6.11. The predicted octanol–water partition coefficient (Wildman–Crippen LogP) is 6.06. The largest absolute Gasteiger partial charge is 0.370 e. The average Bonchev–Trinajstić information content (AvgIpc) is 3.59. The van der Waals surface area contributed by atoms with Crippen molar-refractivity contribution >= 4 is 34.8 Å². The van der Waals surface area contributed by atoms with Gasteiger partial charge in [-0.1, -0.05) is 18.2 Å². The normalized spacial score (nSPS) is 14.3. The number of halogens is 1. The molecule has 1 fully saturated rings. The molecule has 1 amide bonds. The van der Waals surface area contributed by atoms with Crippen molar-refractivity contribution in [2.75, 3.05) is 18.4 Å². The van der Waals surface area contributed by atoms with Crippen LogP contribution < -0.4 is 5.32 Å². The number of rotatable bonds is 7. The van der Waals surface area contributed by atoms with Gasteiger partial charge in [-0.3, -0.25) is 19.9 Å². The van der Waals surface area contributed by atoms with E-state index in [1.807, 2.05) is 25.1 Å². The second kappa shape index (κ2) is 10.6. The molecule has 1 aliphatic rings. The Morgan fingerprint density at radius 1 is 1.16 bits per heavy atom. The molecule has 0 aliphatic carbocycles. The summed E-state index contributed by atoms with van der Waals surface area (Å²) >= 11 is 0. The number of aromatic amines is 1. The Balaban J connectivity index is 1.37. The zero-order valence-electron chi connectivity index (χ0n) is 20.5. The second-order valence-electron chi connectivity index (χ2n) is 8.99. The van der Waals surface area contributed by atoms with Gasteiger partial charge < -0.3 is 10.2 Å². The molecule has 37 heavy (non-hydrogen) atoms. The van der Waals surface area contributed by atoms with Crippen LogP contribution in [0.2, 0.25) is 0 Å². The van der Waals surface area contributed by atoms with Crippen LogP contribution in [-0.4, -0.2) is 45.8 Å². The van der Waals surface area contributed by atoms with Crippen LogP contribution in [-0.2, 0) is 0 Å². The van der Waals surface area contributed by atoms with Gasteiger partial charge in [0.05, 0.1) is 28.8 Å². The number of fused-ring (bicyclic) bond motifs is 1. The van der Waals surface area contributed by atoms with Crippen molar-refractivity contribution in [3.63, 3.8) is 0 Å². The SMILES string of the molecule is C=N/C=C(\C=C(/C)c1ccc2[nH]nc(C(=O)Nc3ccc(-c4cccc(F)c4)nc3)c2c1)N1CCCC1. The fourth-order valence-electron chi connectivity index (χ4n) is 4.49. The van der Waals surface area contributed by atoms with Gasteiger partial charge in [-0.15, -0.1) is 0 Å². The van der Waals surface area contributed by atoms with Crippen molar-refractivity contribution in [3.05, 3.63) is 95.8 Å². The number of carbonyl (C=O) groups is 1. The number of aromatic nitrogens is 3. The van der Waals surface area contributed by atoms with E-state index in [4.69, 9.17) is 0 Å². The third kappa shape index (κ3) is 5.33. The number of allylic oxidation sites excluding steroid dienone is 2. The highest BCUT2D eigenvalue weighted by Gasteiger charge is 2.17. The van der Waals surface area contributed by atoms with Gasteiger partial charge in [-0.25, -0.2) is 4.39 Å². The van der Waals surface area contributed by atoms with Crippen molar-refractivity contribution in [3.8, 4) is 11.3 Å². The van der Waals surface area contributed by atoms with E-state index in [0.717, 1.165) is 40.8 Å². The molecule has 0 bridgehead atoms. The second-order valence-corrected chi connectivity index (χ2v) is 8.99. The molecule has 8 heteroatoms. The van der Waals surface area contributed by atoms with E-state index in [-0.39, 0.29) is 11.7 Å². The smallest absolute Gasteiger partial charge is 0.276 e. The summed E-state index contributed by atoms with van der Waals surface area (Å²) in [5, 5.41) is 10.8. The molecule has 0 spiro atoms. The summed E-state index contributed by atoms with van der Waals surface area (Å²) in [5.41, 5.74) is 5.93. The summed E-state index contributed by atoms with van der Waals surface area (Å²) in [4.78, 5) is 23.7. The molecule has 7 nitrogen and oxygen atoms in total. The number of nitrogens with zero attached hydrogens (tertiary/aromatic N) is 4. The molecule has 186 valence electrons. The number of H-pyrrole nitrogens is 1. The van der Waals surface area contributed by atoms with E-state index in [0.29, 0.717) is 22.6 Å². The van der Waals surface area contributed by atoms with Crippen molar-refractivity contribution in [2.45, 2.75) is 19.8 Å². The highest BCUT2D eigenvalue weighted by atomic mass is 19.1. The number of carbonyl (C=O) groups excluding carboxylic acids is 1. The van der Waals surface area contributed by atoms with Gasteiger partial charge in [0.15, 0.2) is 5.69 Å². The summed E-state index contributed by atoms with van der Waals surface area (Å²) in [7, 11) is 0. The molecule has 4 aromatic rings. The summed E-state index contributed by atoms with van der Waals surface area (Å²) in [6, 6.07) is 15.6. The lowest BCUT2D eigenvalue weighted by Crippen LogP contribution is -2.17. The quantitative estimate of drug-likeness (QED) is 0.242. The average molecular weight is 495 g/mol. The maximum absolute atomic E-state index is 13.5. The van der Waals surface area contributed by atoms with E-state index in [2.05, 4.69) is 43.2 Å². The number of hydrogen-bond donors (Lipinski definition) is 2. The first-order valence-electron chi connectivity index (χ1n) is 12.1. The Hall–Kier alpha value is -4.59. The van der Waals surface area contributed by atoms with Gasteiger partial charge in [0.2, 0.25) is 0 Å².